The van der Waals surface area contributed by atoms with E-state index in [1.807, 2.05) is 0 Å². The van der Waals surface area contributed by atoms with Crippen LogP contribution >= 0.6 is 0 Å². The molecule has 64 valence electrons. The Labute approximate surface area is 69.4 Å². The molecule has 4 nitrogen and oxygen atoms in total. The lowest BCUT2D eigenvalue weighted by atomic mass is 10.5. The van der Waals surface area contributed by atoms with Crippen LogP contribution < -0.4 is 10.4 Å². The van der Waals surface area contributed by atoms with Gasteiger partial charge in [0.1, 0.15) is 0 Å². The molecule has 5 heteroatoms. The quantitative estimate of drug-likeness (QED) is 0.656. The summed E-state index contributed by atoms with van der Waals surface area (Å²) >= 11 is 0. The molecule has 12 heavy (non-hydrogen) atoms. The van der Waals surface area contributed by atoms with Crippen molar-refractivity contribution >= 4 is 5.82 Å². The molecule has 0 amide bonds. The number of halogens is 1. The number of hydrazine groups is 1. The Hall–Kier alpha value is -1.23. The Morgan fingerprint density at radius 1 is 1.50 bits per heavy atom. The van der Waals surface area contributed by atoms with Crippen molar-refractivity contribution in [3.8, 4) is 0 Å². The van der Waals surface area contributed by atoms with Crippen LogP contribution in [0, 0.1) is 5.95 Å². The van der Waals surface area contributed by atoms with Crippen LogP contribution in [-0.2, 0) is 0 Å². The Morgan fingerprint density at radius 2 is 2.42 bits per heavy atom. The molecular formula is C7H9FN4. The van der Waals surface area contributed by atoms with E-state index < -0.39 is 5.95 Å². The zero-order valence-corrected chi connectivity index (χ0v) is 6.50. The average Bonchev–Trinajstić information content (AvgIpc) is 2.56. The van der Waals surface area contributed by atoms with Gasteiger partial charge in [-0.25, -0.2) is 5.43 Å². The Bertz CT molecular complexity index is 272. The standard InChI is InChI=1S/C7H9FN4/c8-6-4-9-5-7(11-6)12-3-1-2-10-12/h4-5,10H,1-3H2. The zero-order chi connectivity index (χ0) is 8.39. The summed E-state index contributed by atoms with van der Waals surface area (Å²) in [6.07, 6.45) is 3.69. The highest BCUT2D eigenvalue weighted by molar-refractivity contribution is 5.34. The van der Waals surface area contributed by atoms with Gasteiger partial charge in [-0.1, -0.05) is 0 Å². The molecule has 0 bridgehead atoms. The normalized spacial score (nSPS) is 16.9. The maximum Gasteiger partial charge on any atom is 0.233 e. The van der Waals surface area contributed by atoms with E-state index in [0.29, 0.717) is 5.82 Å². The Balaban J connectivity index is 2.21. The summed E-state index contributed by atoms with van der Waals surface area (Å²) in [6.45, 7) is 1.77. The summed E-state index contributed by atoms with van der Waals surface area (Å²) in [5.41, 5.74) is 3.06. The van der Waals surface area contributed by atoms with Crippen molar-refractivity contribution in [1.82, 2.24) is 15.4 Å². The molecule has 2 heterocycles. The lowest BCUT2D eigenvalue weighted by Gasteiger charge is -2.14. The minimum atomic E-state index is -0.541. The van der Waals surface area contributed by atoms with Gasteiger partial charge >= 0.3 is 0 Å². The molecule has 1 N–H and O–H groups in total. The predicted octanol–water partition coefficient (Wildman–Crippen LogP) is 0.330. The Kier molecular flexibility index (Phi) is 1.87. The number of hydrogen-bond donors (Lipinski definition) is 1. The summed E-state index contributed by atoms with van der Waals surface area (Å²) in [5.74, 6) is 0.00806. The number of nitrogens with zero attached hydrogens (tertiary/aromatic N) is 3. The molecule has 1 aromatic heterocycles. The summed E-state index contributed by atoms with van der Waals surface area (Å²) < 4.78 is 12.6. The maximum absolute atomic E-state index is 12.6. The van der Waals surface area contributed by atoms with Crippen LogP contribution in [-0.4, -0.2) is 23.1 Å². The monoisotopic (exact) mass is 168 g/mol. The SMILES string of the molecule is Fc1cncc(N2CCCN2)n1. The highest BCUT2D eigenvalue weighted by Crippen LogP contribution is 2.09. The second-order valence-electron chi connectivity index (χ2n) is 2.61. The largest absolute Gasteiger partial charge is 0.291 e. The van der Waals surface area contributed by atoms with E-state index in [-0.39, 0.29) is 0 Å². The van der Waals surface area contributed by atoms with E-state index in [9.17, 15) is 4.39 Å². The van der Waals surface area contributed by atoms with E-state index in [4.69, 9.17) is 0 Å². The van der Waals surface area contributed by atoms with Crippen molar-refractivity contribution in [2.75, 3.05) is 18.1 Å². The molecule has 0 spiro atoms. The van der Waals surface area contributed by atoms with Crippen molar-refractivity contribution in [3.05, 3.63) is 18.3 Å². The smallest absolute Gasteiger partial charge is 0.233 e. The third-order valence-electron chi connectivity index (χ3n) is 1.73. The Morgan fingerprint density at radius 3 is 3.08 bits per heavy atom. The molecule has 1 aliphatic heterocycles. The minimum absolute atomic E-state index is 0.541. The molecular weight excluding hydrogens is 159 g/mol. The lowest BCUT2D eigenvalue weighted by molar-refractivity contribution is 0.572. The molecule has 0 aromatic carbocycles. The fourth-order valence-corrected chi connectivity index (χ4v) is 1.19. The van der Waals surface area contributed by atoms with Gasteiger partial charge in [-0.3, -0.25) is 9.99 Å². The first-order chi connectivity index (χ1) is 5.86. The molecule has 0 unspecified atom stereocenters. The van der Waals surface area contributed by atoms with E-state index in [0.717, 1.165) is 25.7 Å². The van der Waals surface area contributed by atoms with Gasteiger partial charge < -0.3 is 0 Å². The highest BCUT2D eigenvalue weighted by atomic mass is 19.1. The van der Waals surface area contributed by atoms with Gasteiger partial charge in [0.25, 0.3) is 0 Å². The summed E-state index contributed by atoms with van der Waals surface area (Å²) in [4.78, 5) is 7.40. The van der Waals surface area contributed by atoms with Crippen molar-refractivity contribution in [3.63, 3.8) is 0 Å². The third kappa shape index (κ3) is 1.35. The average molecular weight is 168 g/mol. The van der Waals surface area contributed by atoms with E-state index in [2.05, 4.69) is 15.4 Å². The molecule has 1 saturated heterocycles. The summed E-state index contributed by atoms with van der Waals surface area (Å²) in [7, 11) is 0. The predicted molar refractivity (Wildman–Crippen MR) is 42.0 cm³/mol. The molecule has 1 aromatic rings. The number of hydrogen-bond acceptors (Lipinski definition) is 4. The van der Waals surface area contributed by atoms with E-state index in [1.165, 1.54) is 0 Å². The van der Waals surface area contributed by atoms with Crippen LogP contribution in [0.15, 0.2) is 12.4 Å². The number of nitrogens with one attached hydrogen (secondary N) is 1. The van der Waals surface area contributed by atoms with Crippen LogP contribution in [0.2, 0.25) is 0 Å². The van der Waals surface area contributed by atoms with Gasteiger partial charge in [-0.2, -0.15) is 9.37 Å². The molecule has 1 aliphatic rings. The first kappa shape index (κ1) is 7.42. The third-order valence-corrected chi connectivity index (χ3v) is 1.73. The number of aromatic nitrogens is 2. The highest BCUT2D eigenvalue weighted by Gasteiger charge is 2.13. The van der Waals surface area contributed by atoms with E-state index >= 15 is 0 Å². The van der Waals surface area contributed by atoms with Crippen LogP contribution in [0.5, 0.6) is 0 Å². The van der Waals surface area contributed by atoms with Gasteiger partial charge in [-0.05, 0) is 6.42 Å². The van der Waals surface area contributed by atoms with Gasteiger partial charge in [0, 0.05) is 13.1 Å². The second kappa shape index (κ2) is 3.02. The van der Waals surface area contributed by atoms with Crippen LogP contribution in [0.1, 0.15) is 6.42 Å². The minimum Gasteiger partial charge on any atom is -0.291 e. The molecule has 0 radical (unpaired) electrons. The van der Waals surface area contributed by atoms with Crippen molar-refractivity contribution in [2.45, 2.75) is 6.42 Å². The lowest BCUT2D eigenvalue weighted by Crippen LogP contribution is -2.31. The first-order valence-electron chi connectivity index (χ1n) is 3.85. The zero-order valence-electron chi connectivity index (χ0n) is 6.50. The maximum atomic E-state index is 12.6. The molecule has 0 aliphatic carbocycles. The molecule has 0 saturated carbocycles. The van der Waals surface area contributed by atoms with Gasteiger partial charge in [-0.15, -0.1) is 0 Å². The van der Waals surface area contributed by atoms with Gasteiger partial charge in [0.2, 0.25) is 5.95 Å². The van der Waals surface area contributed by atoms with E-state index in [1.54, 1.807) is 11.2 Å². The number of rotatable bonds is 1. The van der Waals surface area contributed by atoms with Crippen LogP contribution in [0.25, 0.3) is 0 Å². The first-order valence-corrected chi connectivity index (χ1v) is 3.85. The summed E-state index contributed by atoms with van der Waals surface area (Å²) in [6, 6.07) is 0. The molecule has 2 rings (SSSR count). The van der Waals surface area contributed by atoms with Crippen molar-refractivity contribution in [1.29, 1.82) is 0 Å². The van der Waals surface area contributed by atoms with Crippen LogP contribution in [0.4, 0.5) is 10.2 Å². The van der Waals surface area contributed by atoms with Crippen LogP contribution in [0.3, 0.4) is 0 Å². The van der Waals surface area contributed by atoms with Gasteiger partial charge in [0.15, 0.2) is 5.82 Å². The fraction of sp³-hybridized carbons (Fsp3) is 0.429. The number of anilines is 1. The fourth-order valence-electron chi connectivity index (χ4n) is 1.19. The second-order valence-corrected chi connectivity index (χ2v) is 2.61. The molecule has 1 fully saturated rings. The van der Waals surface area contributed by atoms with Crippen molar-refractivity contribution in [2.24, 2.45) is 0 Å². The van der Waals surface area contributed by atoms with Crippen molar-refractivity contribution < 1.29 is 4.39 Å². The topological polar surface area (TPSA) is 41.1 Å². The van der Waals surface area contributed by atoms with Gasteiger partial charge in [0.05, 0.1) is 12.4 Å². The summed E-state index contributed by atoms with van der Waals surface area (Å²) in [5, 5.41) is 1.80. The molecule has 0 atom stereocenters.